The second-order valence-corrected chi connectivity index (χ2v) is 5.80. The minimum Gasteiger partial charge on any atom is -0.341 e. The Morgan fingerprint density at radius 3 is 2.71 bits per heavy atom. The van der Waals surface area contributed by atoms with Crippen molar-refractivity contribution in [3.05, 3.63) is 57.5 Å². The summed E-state index contributed by atoms with van der Waals surface area (Å²) < 4.78 is 0. The Morgan fingerprint density at radius 1 is 1.33 bits per heavy atom. The van der Waals surface area contributed by atoms with Crippen LogP contribution in [-0.2, 0) is 11.3 Å². The summed E-state index contributed by atoms with van der Waals surface area (Å²) in [6.45, 7) is 0.509. The number of carbonyl (C=O) groups is 1. The minimum atomic E-state index is -0.227. The van der Waals surface area contributed by atoms with Gasteiger partial charge in [-0.25, -0.2) is 4.98 Å². The van der Waals surface area contributed by atoms with Gasteiger partial charge in [0, 0.05) is 30.9 Å². The van der Waals surface area contributed by atoms with Gasteiger partial charge in [0.1, 0.15) is 0 Å². The molecule has 0 unspecified atom stereocenters. The van der Waals surface area contributed by atoms with Crippen LogP contribution in [-0.4, -0.2) is 33.6 Å². The van der Waals surface area contributed by atoms with Gasteiger partial charge in [-0.2, -0.15) is 0 Å². The Morgan fingerprint density at radius 2 is 2.05 bits per heavy atom. The van der Waals surface area contributed by atoms with Crippen LogP contribution in [0, 0.1) is 0 Å². The molecular formula is C14H14ClN3O2S. The van der Waals surface area contributed by atoms with Crippen molar-refractivity contribution in [1.82, 2.24) is 14.9 Å². The first-order valence-electron chi connectivity index (χ1n) is 6.21. The van der Waals surface area contributed by atoms with Crippen molar-refractivity contribution in [3.8, 4) is 0 Å². The van der Waals surface area contributed by atoms with Gasteiger partial charge < -0.3 is 9.88 Å². The molecule has 7 heteroatoms. The SMILES string of the molecule is CN(Cc1ccc(Cl)cc1)C(=O)CSc1nccc(=O)[nH]1. The number of nitrogens with one attached hydrogen (secondary N) is 1. The highest BCUT2D eigenvalue weighted by atomic mass is 35.5. The first-order valence-corrected chi connectivity index (χ1v) is 7.57. The largest absolute Gasteiger partial charge is 0.341 e. The minimum absolute atomic E-state index is 0.0403. The van der Waals surface area contributed by atoms with Gasteiger partial charge in [0.25, 0.3) is 5.56 Å². The van der Waals surface area contributed by atoms with E-state index in [2.05, 4.69) is 9.97 Å². The van der Waals surface area contributed by atoms with Crippen molar-refractivity contribution in [2.75, 3.05) is 12.8 Å². The molecule has 0 atom stereocenters. The maximum Gasteiger partial charge on any atom is 0.251 e. The summed E-state index contributed by atoms with van der Waals surface area (Å²) in [6.07, 6.45) is 1.42. The Labute approximate surface area is 131 Å². The van der Waals surface area contributed by atoms with Crippen LogP contribution >= 0.6 is 23.4 Å². The first-order chi connectivity index (χ1) is 10.0. The number of rotatable bonds is 5. The average molecular weight is 324 g/mol. The number of benzene rings is 1. The molecule has 21 heavy (non-hydrogen) atoms. The van der Waals surface area contributed by atoms with Crippen molar-refractivity contribution < 1.29 is 4.79 Å². The maximum atomic E-state index is 12.0. The number of hydrogen-bond acceptors (Lipinski definition) is 4. The number of carbonyl (C=O) groups excluding carboxylic acids is 1. The van der Waals surface area contributed by atoms with E-state index in [-0.39, 0.29) is 17.2 Å². The van der Waals surface area contributed by atoms with Gasteiger partial charge in [-0.1, -0.05) is 35.5 Å². The molecule has 110 valence electrons. The van der Waals surface area contributed by atoms with Crippen LogP contribution in [0.2, 0.25) is 5.02 Å². The number of amides is 1. The van der Waals surface area contributed by atoms with Gasteiger partial charge in [0.15, 0.2) is 5.16 Å². The summed E-state index contributed by atoms with van der Waals surface area (Å²) in [6, 6.07) is 8.69. The molecule has 2 aromatic rings. The van der Waals surface area contributed by atoms with Crippen LogP contribution in [0.25, 0.3) is 0 Å². The van der Waals surface area contributed by atoms with E-state index < -0.39 is 0 Å². The van der Waals surface area contributed by atoms with E-state index in [4.69, 9.17) is 11.6 Å². The molecule has 0 saturated carbocycles. The van der Waals surface area contributed by atoms with Crippen molar-refractivity contribution in [2.24, 2.45) is 0 Å². The third-order valence-corrected chi connectivity index (χ3v) is 3.86. The van der Waals surface area contributed by atoms with Gasteiger partial charge in [0.2, 0.25) is 5.91 Å². The zero-order chi connectivity index (χ0) is 15.2. The highest BCUT2D eigenvalue weighted by molar-refractivity contribution is 7.99. The van der Waals surface area contributed by atoms with Gasteiger partial charge in [-0.05, 0) is 17.7 Å². The monoisotopic (exact) mass is 323 g/mol. The number of aromatic amines is 1. The molecule has 0 bridgehead atoms. The number of thioether (sulfide) groups is 1. The van der Waals surface area contributed by atoms with Gasteiger partial charge >= 0.3 is 0 Å². The molecule has 0 spiro atoms. The number of H-pyrrole nitrogens is 1. The third kappa shape index (κ3) is 4.91. The van der Waals surface area contributed by atoms with Crippen LogP contribution in [0.1, 0.15) is 5.56 Å². The second-order valence-electron chi connectivity index (χ2n) is 4.40. The summed E-state index contributed by atoms with van der Waals surface area (Å²) in [4.78, 5) is 31.3. The standard InChI is InChI=1S/C14H14ClN3O2S/c1-18(8-10-2-4-11(15)5-3-10)13(20)9-21-14-16-7-6-12(19)17-14/h2-7H,8-9H2,1H3,(H,16,17,19). The Balaban J connectivity index is 1.87. The third-order valence-electron chi connectivity index (χ3n) is 2.74. The molecule has 5 nitrogen and oxygen atoms in total. The highest BCUT2D eigenvalue weighted by Crippen LogP contribution is 2.13. The smallest absolute Gasteiger partial charge is 0.251 e. The molecule has 1 heterocycles. The summed E-state index contributed by atoms with van der Waals surface area (Å²) >= 11 is 7.03. The van der Waals surface area contributed by atoms with E-state index in [0.29, 0.717) is 16.7 Å². The molecule has 1 amide bonds. The van der Waals surface area contributed by atoms with Crippen molar-refractivity contribution in [3.63, 3.8) is 0 Å². The fourth-order valence-electron chi connectivity index (χ4n) is 1.62. The van der Waals surface area contributed by atoms with Crippen LogP contribution in [0.5, 0.6) is 0 Å². The zero-order valence-corrected chi connectivity index (χ0v) is 12.9. The lowest BCUT2D eigenvalue weighted by atomic mass is 10.2. The number of nitrogens with zero attached hydrogens (tertiary/aromatic N) is 2. The summed E-state index contributed by atoms with van der Waals surface area (Å²) in [5.74, 6) is 0.179. The second kappa shape index (κ2) is 7.28. The molecule has 1 aromatic carbocycles. The molecule has 0 saturated heterocycles. The first kappa shape index (κ1) is 15.6. The molecule has 0 aliphatic carbocycles. The van der Waals surface area contributed by atoms with E-state index in [1.165, 1.54) is 24.0 Å². The molecule has 1 N–H and O–H groups in total. The van der Waals surface area contributed by atoms with Crippen LogP contribution in [0.4, 0.5) is 0 Å². The van der Waals surface area contributed by atoms with Gasteiger partial charge in [0.05, 0.1) is 5.75 Å². The van der Waals surface area contributed by atoms with Crippen molar-refractivity contribution >= 4 is 29.3 Å². The van der Waals surface area contributed by atoms with Crippen LogP contribution in [0.3, 0.4) is 0 Å². The van der Waals surface area contributed by atoms with E-state index in [1.54, 1.807) is 24.1 Å². The van der Waals surface area contributed by atoms with Crippen LogP contribution < -0.4 is 5.56 Å². The van der Waals surface area contributed by atoms with E-state index in [0.717, 1.165) is 5.56 Å². The Hall–Kier alpha value is -1.79. The number of halogens is 1. The molecule has 2 rings (SSSR count). The van der Waals surface area contributed by atoms with E-state index in [1.807, 2.05) is 12.1 Å². The molecule has 0 radical (unpaired) electrons. The highest BCUT2D eigenvalue weighted by Gasteiger charge is 2.10. The predicted molar refractivity (Wildman–Crippen MR) is 83.5 cm³/mol. The summed E-state index contributed by atoms with van der Waals surface area (Å²) in [7, 11) is 1.73. The molecule has 0 aliphatic heterocycles. The fourth-order valence-corrected chi connectivity index (χ4v) is 2.53. The zero-order valence-electron chi connectivity index (χ0n) is 11.4. The number of hydrogen-bond donors (Lipinski definition) is 1. The Bertz CT molecular complexity index is 672. The molecule has 0 fully saturated rings. The fraction of sp³-hybridized carbons (Fsp3) is 0.214. The average Bonchev–Trinajstić information content (AvgIpc) is 2.47. The van der Waals surface area contributed by atoms with E-state index >= 15 is 0 Å². The molecular weight excluding hydrogens is 310 g/mol. The van der Waals surface area contributed by atoms with Crippen molar-refractivity contribution in [1.29, 1.82) is 0 Å². The molecule has 0 aliphatic rings. The summed E-state index contributed by atoms with van der Waals surface area (Å²) in [5, 5.41) is 1.11. The Kier molecular flexibility index (Phi) is 5.41. The van der Waals surface area contributed by atoms with Crippen molar-refractivity contribution in [2.45, 2.75) is 11.7 Å². The van der Waals surface area contributed by atoms with E-state index in [9.17, 15) is 9.59 Å². The predicted octanol–water partition coefficient (Wildman–Crippen LogP) is 2.17. The normalized spacial score (nSPS) is 10.4. The number of aromatic nitrogens is 2. The van der Waals surface area contributed by atoms with Gasteiger partial charge in [-0.3, -0.25) is 9.59 Å². The maximum absolute atomic E-state index is 12.0. The topological polar surface area (TPSA) is 66.1 Å². The lowest BCUT2D eigenvalue weighted by Gasteiger charge is -2.16. The lowest BCUT2D eigenvalue weighted by Crippen LogP contribution is -2.27. The quantitative estimate of drug-likeness (QED) is 0.676. The van der Waals surface area contributed by atoms with Crippen LogP contribution in [0.15, 0.2) is 46.5 Å². The summed E-state index contributed by atoms with van der Waals surface area (Å²) in [5.41, 5.74) is 0.779. The molecule has 1 aromatic heterocycles. The van der Waals surface area contributed by atoms with Gasteiger partial charge in [-0.15, -0.1) is 0 Å². The lowest BCUT2D eigenvalue weighted by molar-refractivity contribution is -0.127.